The number of carboxylic acids is 1. The molecule has 0 spiro atoms. The monoisotopic (exact) mass is 440 g/mol. The quantitative estimate of drug-likeness (QED) is 0.300. The molecule has 1 atom stereocenters. The largest absolute Gasteiger partial charge is 0.480 e. The minimum absolute atomic E-state index is 0.00819. The first kappa shape index (κ1) is 21.4. The Labute approximate surface area is 181 Å². The van der Waals surface area contributed by atoms with Crippen molar-refractivity contribution in [2.75, 3.05) is 0 Å². The number of hydrogen-bond acceptors (Lipinski definition) is 6. The van der Waals surface area contributed by atoms with Gasteiger partial charge in [0.1, 0.15) is 10.4 Å². The Morgan fingerprint density at radius 1 is 1.20 bits per heavy atom. The fourth-order valence-electron chi connectivity index (χ4n) is 2.84. The van der Waals surface area contributed by atoms with Crippen molar-refractivity contribution >= 4 is 51.9 Å². The average Bonchev–Trinajstić information content (AvgIpc) is 3.00. The standard InChI is InChI=1S/C21H16N2O5S2/c24-19-18(8-4-7-14-9-11-16(12-10-14)23(27)28)30-21(29)22(19)17(20(25)26)13-15-5-2-1-3-6-15/h1-12,17H,13H2,(H,25,26)/b7-4+,18-8+. The number of hydrogen-bond donors (Lipinski definition) is 1. The predicted octanol–water partition coefficient (Wildman–Crippen LogP) is 4.05. The first-order valence-corrected chi connectivity index (χ1v) is 10.0. The van der Waals surface area contributed by atoms with Crippen molar-refractivity contribution in [3.8, 4) is 0 Å². The van der Waals surface area contributed by atoms with E-state index in [1.54, 1.807) is 54.6 Å². The van der Waals surface area contributed by atoms with Crippen LogP contribution < -0.4 is 0 Å². The highest BCUT2D eigenvalue weighted by Gasteiger charge is 2.40. The molecule has 0 radical (unpaired) electrons. The van der Waals surface area contributed by atoms with Crippen molar-refractivity contribution in [2.24, 2.45) is 0 Å². The van der Waals surface area contributed by atoms with E-state index in [4.69, 9.17) is 12.2 Å². The lowest BCUT2D eigenvalue weighted by Gasteiger charge is -2.23. The molecule has 0 aliphatic carbocycles. The van der Waals surface area contributed by atoms with Crippen LogP contribution in [0, 0.1) is 10.1 Å². The molecular weight excluding hydrogens is 424 g/mol. The van der Waals surface area contributed by atoms with Gasteiger partial charge >= 0.3 is 5.97 Å². The second-order valence-electron chi connectivity index (χ2n) is 6.33. The molecule has 0 saturated carbocycles. The number of allylic oxidation sites excluding steroid dienone is 2. The Bertz CT molecular complexity index is 1050. The maximum atomic E-state index is 12.8. The Balaban J connectivity index is 1.75. The maximum absolute atomic E-state index is 12.8. The van der Waals surface area contributed by atoms with Crippen molar-refractivity contribution in [1.29, 1.82) is 0 Å². The number of non-ortho nitro benzene ring substituents is 1. The molecule has 30 heavy (non-hydrogen) atoms. The summed E-state index contributed by atoms with van der Waals surface area (Å²) >= 11 is 6.31. The van der Waals surface area contributed by atoms with Gasteiger partial charge in [0.2, 0.25) is 0 Å². The molecule has 1 saturated heterocycles. The van der Waals surface area contributed by atoms with Gasteiger partial charge in [-0.1, -0.05) is 66.5 Å². The molecule has 3 rings (SSSR count). The lowest BCUT2D eigenvalue weighted by molar-refractivity contribution is -0.384. The lowest BCUT2D eigenvalue weighted by Crippen LogP contribution is -2.45. The number of benzene rings is 2. The number of carbonyl (C=O) groups excluding carboxylic acids is 1. The molecule has 2 aromatic carbocycles. The number of aliphatic carboxylic acids is 1. The number of thiocarbonyl (C=S) groups is 1. The molecule has 1 N–H and O–H groups in total. The van der Waals surface area contributed by atoms with Crippen LogP contribution in [0.25, 0.3) is 6.08 Å². The third kappa shape index (κ3) is 5.00. The molecule has 1 aliphatic rings. The minimum Gasteiger partial charge on any atom is -0.480 e. The third-order valence-electron chi connectivity index (χ3n) is 4.33. The van der Waals surface area contributed by atoms with E-state index in [9.17, 15) is 24.8 Å². The molecule has 2 aromatic rings. The molecule has 7 nitrogen and oxygen atoms in total. The van der Waals surface area contributed by atoms with Gasteiger partial charge in [-0.15, -0.1) is 0 Å². The van der Waals surface area contributed by atoms with Crippen molar-refractivity contribution < 1.29 is 19.6 Å². The smallest absolute Gasteiger partial charge is 0.327 e. The van der Waals surface area contributed by atoms with E-state index in [1.165, 1.54) is 12.1 Å². The summed E-state index contributed by atoms with van der Waals surface area (Å²) in [6.45, 7) is 0. The van der Waals surface area contributed by atoms with Crippen molar-refractivity contribution in [3.63, 3.8) is 0 Å². The van der Waals surface area contributed by atoms with E-state index in [0.29, 0.717) is 4.91 Å². The second-order valence-corrected chi connectivity index (χ2v) is 8.00. The SMILES string of the molecule is O=C(O)C(Cc1ccccc1)N1C(=O)/C(=C\C=C\c2ccc([N+](=O)[O-])cc2)SC1=S. The minimum atomic E-state index is -1.13. The normalized spacial score (nSPS) is 16.4. The van der Waals surface area contributed by atoms with Gasteiger partial charge < -0.3 is 5.11 Å². The number of carbonyl (C=O) groups is 2. The van der Waals surface area contributed by atoms with Crippen LogP contribution in [0.4, 0.5) is 5.69 Å². The Morgan fingerprint density at radius 3 is 2.47 bits per heavy atom. The number of rotatable bonds is 7. The zero-order valence-electron chi connectivity index (χ0n) is 15.5. The van der Waals surface area contributed by atoms with Gasteiger partial charge in [0.05, 0.1) is 9.83 Å². The first-order valence-electron chi connectivity index (χ1n) is 8.81. The zero-order chi connectivity index (χ0) is 21.7. The maximum Gasteiger partial charge on any atom is 0.327 e. The van der Waals surface area contributed by atoms with Gasteiger partial charge in [0.25, 0.3) is 11.6 Å². The Hall–Kier alpha value is -3.30. The molecule has 9 heteroatoms. The second kappa shape index (κ2) is 9.47. The number of nitrogens with zero attached hydrogens (tertiary/aromatic N) is 2. The number of carboxylic acid groups (broad SMARTS) is 1. The summed E-state index contributed by atoms with van der Waals surface area (Å²) in [5.41, 5.74) is 1.51. The molecule has 152 valence electrons. The number of amides is 1. The van der Waals surface area contributed by atoms with Crippen LogP contribution in [0.15, 0.2) is 71.7 Å². The Morgan fingerprint density at radius 2 is 1.87 bits per heavy atom. The summed E-state index contributed by atoms with van der Waals surface area (Å²) in [6, 6.07) is 13.9. The van der Waals surface area contributed by atoms with E-state index < -0.39 is 22.8 Å². The van der Waals surface area contributed by atoms with E-state index >= 15 is 0 Å². The van der Waals surface area contributed by atoms with Gasteiger partial charge in [-0.05, 0) is 29.3 Å². The molecule has 1 amide bonds. The number of thioether (sulfide) groups is 1. The van der Waals surface area contributed by atoms with Crippen LogP contribution in [0.2, 0.25) is 0 Å². The molecule has 1 unspecified atom stereocenters. The molecular formula is C21H16N2O5S2. The number of nitro benzene ring substituents is 1. The zero-order valence-corrected chi connectivity index (χ0v) is 17.1. The molecule has 1 fully saturated rings. The molecule has 0 aromatic heterocycles. The summed E-state index contributed by atoms with van der Waals surface area (Å²) in [6.07, 6.45) is 5.02. The molecule has 1 heterocycles. The van der Waals surface area contributed by atoms with E-state index in [2.05, 4.69) is 0 Å². The topological polar surface area (TPSA) is 101 Å². The average molecular weight is 441 g/mol. The van der Waals surface area contributed by atoms with E-state index in [-0.39, 0.29) is 16.4 Å². The van der Waals surface area contributed by atoms with Crippen molar-refractivity contribution in [2.45, 2.75) is 12.5 Å². The van der Waals surface area contributed by atoms with Gasteiger partial charge in [-0.3, -0.25) is 19.8 Å². The van der Waals surface area contributed by atoms with Gasteiger partial charge in [0, 0.05) is 18.6 Å². The van der Waals surface area contributed by atoms with Gasteiger partial charge in [0.15, 0.2) is 0 Å². The molecule has 1 aliphatic heterocycles. The fraction of sp³-hybridized carbons (Fsp3) is 0.0952. The van der Waals surface area contributed by atoms with Crippen LogP contribution in [-0.4, -0.2) is 37.2 Å². The summed E-state index contributed by atoms with van der Waals surface area (Å²) in [5.74, 6) is -1.58. The van der Waals surface area contributed by atoms with Crippen molar-refractivity contribution in [3.05, 3.63) is 92.9 Å². The highest BCUT2D eigenvalue weighted by molar-refractivity contribution is 8.26. The van der Waals surface area contributed by atoms with E-state index in [0.717, 1.165) is 27.8 Å². The number of nitro groups is 1. The van der Waals surface area contributed by atoms with Crippen LogP contribution in [-0.2, 0) is 16.0 Å². The summed E-state index contributed by atoms with van der Waals surface area (Å²) in [5, 5.41) is 20.4. The highest BCUT2D eigenvalue weighted by Crippen LogP contribution is 2.33. The van der Waals surface area contributed by atoms with Crippen LogP contribution in [0.5, 0.6) is 0 Å². The fourth-order valence-corrected chi connectivity index (χ4v) is 4.15. The molecule has 0 bridgehead atoms. The summed E-state index contributed by atoms with van der Waals surface area (Å²) in [7, 11) is 0. The van der Waals surface area contributed by atoms with Crippen molar-refractivity contribution in [1.82, 2.24) is 4.90 Å². The Kier molecular flexibility index (Phi) is 6.76. The lowest BCUT2D eigenvalue weighted by atomic mass is 10.0. The summed E-state index contributed by atoms with van der Waals surface area (Å²) < 4.78 is 0.193. The highest BCUT2D eigenvalue weighted by atomic mass is 32.2. The van der Waals surface area contributed by atoms with Crippen LogP contribution >= 0.6 is 24.0 Å². The third-order valence-corrected chi connectivity index (χ3v) is 5.68. The van der Waals surface area contributed by atoms with E-state index in [1.807, 2.05) is 6.07 Å². The van der Waals surface area contributed by atoms with Crippen LogP contribution in [0.3, 0.4) is 0 Å². The van der Waals surface area contributed by atoms with Gasteiger partial charge in [-0.2, -0.15) is 0 Å². The predicted molar refractivity (Wildman–Crippen MR) is 119 cm³/mol. The first-order chi connectivity index (χ1) is 14.4. The van der Waals surface area contributed by atoms with Gasteiger partial charge in [-0.25, -0.2) is 4.79 Å². The summed E-state index contributed by atoms with van der Waals surface area (Å²) in [4.78, 5) is 36.3. The van der Waals surface area contributed by atoms with Crippen LogP contribution in [0.1, 0.15) is 11.1 Å².